The molecule has 0 N–H and O–H groups in total. The van der Waals surface area contributed by atoms with E-state index in [1.54, 1.807) is 44.8 Å². The maximum Gasteiger partial charge on any atom is 0.163 e. The van der Waals surface area contributed by atoms with Gasteiger partial charge < -0.3 is 9.47 Å². The lowest BCUT2D eigenvalue weighted by atomic mass is 10.0. The molecule has 0 spiro atoms. The highest BCUT2D eigenvalue weighted by molar-refractivity contribution is 5.96. The van der Waals surface area contributed by atoms with Crippen LogP contribution in [0.5, 0.6) is 11.5 Å². The molecule has 2 rings (SSSR count). The molecule has 0 amide bonds. The molecule has 2 aromatic rings. The molecule has 104 valence electrons. The normalized spacial score (nSPS) is 10.1. The molecular formula is C16H17NO3. The van der Waals surface area contributed by atoms with E-state index < -0.39 is 0 Å². The molecule has 0 unspecified atom stereocenters. The number of ketones is 1. The van der Waals surface area contributed by atoms with Crippen molar-refractivity contribution in [2.45, 2.75) is 12.8 Å². The number of ether oxygens (including phenoxy) is 2. The number of aryl methyl sites for hydroxylation is 1. The average Bonchev–Trinajstić information content (AvgIpc) is 2.52. The van der Waals surface area contributed by atoms with Crippen molar-refractivity contribution in [3.8, 4) is 11.5 Å². The van der Waals surface area contributed by atoms with Crippen LogP contribution in [0.15, 0.2) is 42.7 Å². The van der Waals surface area contributed by atoms with Gasteiger partial charge >= 0.3 is 0 Å². The van der Waals surface area contributed by atoms with Gasteiger partial charge in [-0.2, -0.15) is 0 Å². The number of Topliss-reactive ketones (excluding diaryl/α,β-unsaturated/α-hetero) is 1. The van der Waals surface area contributed by atoms with E-state index in [4.69, 9.17) is 9.47 Å². The maximum absolute atomic E-state index is 12.2. The van der Waals surface area contributed by atoms with Crippen molar-refractivity contribution in [1.82, 2.24) is 4.98 Å². The van der Waals surface area contributed by atoms with Crippen molar-refractivity contribution in [1.29, 1.82) is 0 Å². The molecule has 1 heterocycles. The van der Waals surface area contributed by atoms with Gasteiger partial charge in [-0.15, -0.1) is 0 Å². The van der Waals surface area contributed by atoms with Gasteiger partial charge in [-0.1, -0.05) is 6.07 Å². The molecule has 0 saturated carbocycles. The zero-order valence-electron chi connectivity index (χ0n) is 11.6. The van der Waals surface area contributed by atoms with Crippen molar-refractivity contribution < 1.29 is 14.3 Å². The van der Waals surface area contributed by atoms with Crippen LogP contribution in [-0.4, -0.2) is 25.0 Å². The van der Waals surface area contributed by atoms with Crippen LogP contribution in [0.1, 0.15) is 22.3 Å². The van der Waals surface area contributed by atoms with E-state index >= 15 is 0 Å². The van der Waals surface area contributed by atoms with Gasteiger partial charge in [0.15, 0.2) is 17.3 Å². The van der Waals surface area contributed by atoms with Crippen LogP contribution in [0.25, 0.3) is 0 Å². The number of rotatable bonds is 6. The molecular weight excluding hydrogens is 254 g/mol. The van der Waals surface area contributed by atoms with Crippen LogP contribution in [0.2, 0.25) is 0 Å². The van der Waals surface area contributed by atoms with Crippen molar-refractivity contribution in [3.05, 3.63) is 53.9 Å². The molecule has 0 radical (unpaired) electrons. The second kappa shape index (κ2) is 6.70. The third-order valence-corrected chi connectivity index (χ3v) is 3.07. The first-order valence-corrected chi connectivity index (χ1v) is 6.38. The lowest BCUT2D eigenvalue weighted by Gasteiger charge is -2.09. The zero-order chi connectivity index (χ0) is 14.4. The van der Waals surface area contributed by atoms with Crippen molar-refractivity contribution in [2.24, 2.45) is 0 Å². The molecule has 1 aromatic heterocycles. The predicted molar refractivity (Wildman–Crippen MR) is 76.4 cm³/mol. The third-order valence-electron chi connectivity index (χ3n) is 3.07. The smallest absolute Gasteiger partial charge is 0.163 e. The van der Waals surface area contributed by atoms with Crippen molar-refractivity contribution in [2.75, 3.05) is 14.2 Å². The van der Waals surface area contributed by atoms with E-state index in [9.17, 15) is 4.79 Å². The Morgan fingerprint density at radius 2 is 1.95 bits per heavy atom. The van der Waals surface area contributed by atoms with Gasteiger partial charge in [0.2, 0.25) is 0 Å². The number of nitrogens with zero attached hydrogens (tertiary/aromatic N) is 1. The number of carbonyl (C=O) groups is 1. The summed E-state index contributed by atoms with van der Waals surface area (Å²) in [5, 5.41) is 0. The number of hydrogen-bond acceptors (Lipinski definition) is 4. The minimum atomic E-state index is 0.0785. The number of carbonyl (C=O) groups excluding carboxylic acids is 1. The molecule has 0 fully saturated rings. The van der Waals surface area contributed by atoms with Crippen LogP contribution in [0.4, 0.5) is 0 Å². The van der Waals surface area contributed by atoms with Gasteiger partial charge in [0, 0.05) is 24.4 Å². The van der Waals surface area contributed by atoms with Gasteiger partial charge in [0.1, 0.15) is 0 Å². The summed E-state index contributed by atoms with van der Waals surface area (Å²) in [6, 6.07) is 9.05. The Morgan fingerprint density at radius 1 is 1.15 bits per heavy atom. The van der Waals surface area contributed by atoms with E-state index in [1.807, 2.05) is 12.1 Å². The van der Waals surface area contributed by atoms with Gasteiger partial charge in [-0.25, -0.2) is 0 Å². The van der Waals surface area contributed by atoms with Crippen LogP contribution in [-0.2, 0) is 6.42 Å². The SMILES string of the molecule is COc1ccc(C(=O)CCc2cccnc2)cc1OC. The van der Waals surface area contributed by atoms with Crippen molar-refractivity contribution >= 4 is 5.78 Å². The lowest BCUT2D eigenvalue weighted by molar-refractivity contribution is 0.0982. The monoisotopic (exact) mass is 271 g/mol. The first kappa shape index (κ1) is 14.1. The van der Waals surface area contributed by atoms with E-state index in [2.05, 4.69) is 4.98 Å². The second-order valence-electron chi connectivity index (χ2n) is 4.35. The van der Waals surface area contributed by atoms with Crippen LogP contribution in [0.3, 0.4) is 0 Å². The zero-order valence-corrected chi connectivity index (χ0v) is 11.6. The fourth-order valence-corrected chi connectivity index (χ4v) is 1.96. The molecule has 0 aliphatic carbocycles. The number of benzene rings is 1. The van der Waals surface area contributed by atoms with Gasteiger partial charge in [-0.3, -0.25) is 9.78 Å². The van der Waals surface area contributed by atoms with E-state index in [-0.39, 0.29) is 5.78 Å². The minimum Gasteiger partial charge on any atom is -0.493 e. The molecule has 0 aliphatic heterocycles. The van der Waals surface area contributed by atoms with Crippen LogP contribution in [0, 0.1) is 0 Å². The van der Waals surface area contributed by atoms with Crippen LogP contribution >= 0.6 is 0 Å². The molecule has 4 nitrogen and oxygen atoms in total. The fourth-order valence-electron chi connectivity index (χ4n) is 1.96. The summed E-state index contributed by atoms with van der Waals surface area (Å²) < 4.78 is 10.4. The van der Waals surface area contributed by atoms with E-state index in [0.717, 1.165) is 5.56 Å². The summed E-state index contributed by atoms with van der Waals surface area (Å²) in [6.45, 7) is 0. The molecule has 1 aromatic carbocycles. The Balaban J connectivity index is 2.06. The van der Waals surface area contributed by atoms with Gasteiger partial charge in [0.25, 0.3) is 0 Å². The summed E-state index contributed by atoms with van der Waals surface area (Å²) in [5.74, 6) is 1.27. The van der Waals surface area contributed by atoms with Crippen molar-refractivity contribution in [3.63, 3.8) is 0 Å². The molecule has 20 heavy (non-hydrogen) atoms. The predicted octanol–water partition coefficient (Wildman–Crippen LogP) is 2.91. The summed E-state index contributed by atoms with van der Waals surface area (Å²) in [7, 11) is 3.13. The lowest BCUT2D eigenvalue weighted by Crippen LogP contribution is -2.02. The summed E-state index contributed by atoms with van der Waals surface area (Å²) in [5.41, 5.74) is 1.69. The summed E-state index contributed by atoms with van der Waals surface area (Å²) in [4.78, 5) is 16.2. The Bertz CT molecular complexity index is 582. The molecule has 0 aliphatic rings. The Morgan fingerprint density at radius 3 is 2.60 bits per heavy atom. The highest BCUT2D eigenvalue weighted by Gasteiger charge is 2.10. The molecule has 0 bridgehead atoms. The van der Waals surface area contributed by atoms with E-state index in [0.29, 0.717) is 29.9 Å². The number of hydrogen-bond donors (Lipinski definition) is 0. The van der Waals surface area contributed by atoms with Gasteiger partial charge in [0.05, 0.1) is 14.2 Å². The Labute approximate surface area is 118 Å². The summed E-state index contributed by atoms with van der Waals surface area (Å²) in [6.07, 6.45) is 4.63. The van der Waals surface area contributed by atoms with E-state index in [1.165, 1.54) is 0 Å². The third kappa shape index (κ3) is 3.35. The standard InChI is InChI=1S/C16H17NO3/c1-19-15-8-6-13(10-16(15)20-2)14(18)7-5-12-4-3-9-17-11-12/h3-4,6,8-11H,5,7H2,1-2H3. The largest absolute Gasteiger partial charge is 0.493 e. The highest BCUT2D eigenvalue weighted by atomic mass is 16.5. The van der Waals surface area contributed by atoms with Gasteiger partial charge in [-0.05, 0) is 36.2 Å². The Kier molecular flexibility index (Phi) is 4.71. The molecule has 4 heteroatoms. The maximum atomic E-state index is 12.2. The minimum absolute atomic E-state index is 0.0785. The summed E-state index contributed by atoms with van der Waals surface area (Å²) >= 11 is 0. The molecule has 0 saturated heterocycles. The Hall–Kier alpha value is -2.36. The first-order valence-electron chi connectivity index (χ1n) is 6.38. The highest BCUT2D eigenvalue weighted by Crippen LogP contribution is 2.28. The molecule has 0 atom stereocenters. The number of pyridine rings is 1. The number of aromatic nitrogens is 1. The van der Waals surface area contributed by atoms with Crippen LogP contribution < -0.4 is 9.47 Å². The quantitative estimate of drug-likeness (QED) is 0.758. The number of methoxy groups -OCH3 is 2. The first-order chi connectivity index (χ1) is 9.74. The second-order valence-corrected chi connectivity index (χ2v) is 4.35. The fraction of sp³-hybridized carbons (Fsp3) is 0.250. The average molecular weight is 271 g/mol. The topological polar surface area (TPSA) is 48.4 Å².